The van der Waals surface area contributed by atoms with Crippen LogP contribution >= 0.6 is 0 Å². The maximum Gasteiger partial charge on any atom is 0.223 e. The van der Waals surface area contributed by atoms with Crippen molar-refractivity contribution in [2.24, 2.45) is 0 Å². The number of hydrogen-bond acceptors (Lipinski definition) is 3. The maximum atomic E-state index is 13.1. The Hall–Kier alpha value is -3.08. The fourth-order valence-corrected chi connectivity index (χ4v) is 3.97. The Labute approximate surface area is 178 Å². The van der Waals surface area contributed by atoms with Crippen molar-refractivity contribution in [3.05, 3.63) is 77.1 Å². The third-order valence-electron chi connectivity index (χ3n) is 5.85. The molecule has 2 aromatic carbocycles. The molecular formula is C25H29N3O2. The summed E-state index contributed by atoms with van der Waals surface area (Å²) in [4.78, 5) is 15.1. The van der Waals surface area contributed by atoms with E-state index in [0.29, 0.717) is 19.0 Å². The minimum Gasteiger partial charge on any atom is -0.497 e. The van der Waals surface area contributed by atoms with Gasteiger partial charge in [-0.2, -0.15) is 5.10 Å². The van der Waals surface area contributed by atoms with Gasteiger partial charge >= 0.3 is 0 Å². The number of para-hydroxylation sites is 1. The molecule has 0 spiro atoms. The molecule has 0 bridgehead atoms. The van der Waals surface area contributed by atoms with Gasteiger partial charge in [-0.25, -0.2) is 4.68 Å². The largest absolute Gasteiger partial charge is 0.497 e. The van der Waals surface area contributed by atoms with Gasteiger partial charge in [0.05, 0.1) is 18.5 Å². The Balaban J connectivity index is 1.44. The summed E-state index contributed by atoms with van der Waals surface area (Å²) in [5.74, 6) is 1.06. The van der Waals surface area contributed by atoms with Gasteiger partial charge in [-0.3, -0.25) is 4.79 Å². The molecule has 0 N–H and O–H groups in total. The Bertz CT molecular complexity index is 1000. The van der Waals surface area contributed by atoms with E-state index in [1.165, 1.54) is 5.56 Å². The van der Waals surface area contributed by atoms with Gasteiger partial charge in [0.2, 0.25) is 5.91 Å². The van der Waals surface area contributed by atoms with Crippen LogP contribution in [-0.4, -0.2) is 33.7 Å². The van der Waals surface area contributed by atoms with Gasteiger partial charge in [0, 0.05) is 24.7 Å². The lowest BCUT2D eigenvalue weighted by atomic mass is 10.1. The van der Waals surface area contributed by atoms with Crippen molar-refractivity contribution >= 4 is 5.91 Å². The second-order valence-corrected chi connectivity index (χ2v) is 8.00. The lowest BCUT2D eigenvalue weighted by Gasteiger charge is -2.23. The number of ether oxygens (including phenoxy) is 1. The van der Waals surface area contributed by atoms with Crippen LogP contribution in [0.2, 0.25) is 0 Å². The number of benzene rings is 2. The summed E-state index contributed by atoms with van der Waals surface area (Å²) in [6.07, 6.45) is 3.43. The third-order valence-corrected chi connectivity index (χ3v) is 5.85. The third kappa shape index (κ3) is 4.40. The minimum absolute atomic E-state index is 0.222. The summed E-state index contributed by atoms with van der Waals surface area (Å²) in [7, 11) is 1.67. The standard InChI is InChI=1S/C25H29N3O2/c1-18-24(19(2)28(26-18)22-7-5-4-6-8-22)15-16-25(29)27(21-11-12-21)17-20-9-13-23(30-3)14-10-20/h4-10,13-14,21H,11-12,15-17H2,1-3H3. The van der Waals surface area contributed by atoms with Crippen molar-refractivity contribution in [2.45, 2.75) is 52.1 Å². The van der Waals surface area contributed by atoms with E-state index >= 15 is 0 Å². The van der Waals surface area contributed by atoms with Crippen molar-refractivity contribution in [1.82, 2.24) is 14.7 Å². The van der Waals surface area contributed by atoms with E-state index in [0.717, 1.165) is 47.7 Å². The Morgan fingerprint density at radius 3 is 2.43 bits per heavy atom. The zero-order valence-corrected chi connectivity index (χ0v) is 18.0. The lowest BCUT2D eigenvalue weighted by Crippen LogP contribution is -2.32. The van der Waals surface area contributed by atoms with Crippen LogP contribution in [0.25, 0.3) is 5.69 Å². The Kier molecular flexibility index (Phi) is 5.88. The average molecular weight is 404 g/mol. The molecule has 1 fully saturated rings. The van der Waals surface area contributed by atoms with Crippen LogP contribution in [0, 0.1) is 13.8 Å². The predicted molar refractivity (Wildman–Crippen MR) is 118 cm³/mol. The first kappa shape index (κ1) is 20.2. The van der Waals surface area contributed by atoms with E-state index in [4.69, 9.17) is 9.84 Å². The molecule has 1 amide bonds. The number of nitrogens with zero attached hydrogens (tertiary/aromatic N) is 3. The highest BCUT2D eigenvalue weighted by Gasteiger charge is 2.32. The zero-order valence-electron chi connectivity index (χ0n) is 18.0. The second-order valence-electron chi connectivity index (χ2n) is 8.00. The maximum absolute atomic E-state index is 13.1. The molecule has 1 heterocycles. The topological polar surface area (TPSA) is 47.4 Å². The van der Waals surface area contributed by atoms with Crippen LogP contribution in [0.4, 0.5) is 0 Å². The van der Waals surface area contributed by atoms with Crippen LogP contribution in [-0.2, 0) is 17.8 Å². The molecular weight excluding hydrogens is 374 g/mol. The molecule has 0 saturated heterocycles. The molecule has 0 unspecified atom stereocenters. The molecule has 1 aromatic heterocycles. The summed E-state index contributed by atoms with van der Waals surface area (Å²) < 4.78 is 7.21. The van der Waals surface area contributed by atoms with Gasteiger partial charge < -0.3 is 9.64 Å². The van der Waals surface area contributed by atoms with Gasteiger partial charge in [-0.15, -0.1) is 0 Å². The van der Waals surface area contributed by atoms with Gasteiger partial charge in [0.1, 0.15) is 5.75 Å². The van der Waals surface area contributed by atoms with Gasteiger partial charge in [0.15, 0.2) is 0 Å². The molecule has 0 aliphatic heterocycles. The van der Waals surface area contributed by atoms with Crippen molar-refractivity contribution in [1.29, 1.82) is 0 Å². The Morgan fingerprint density at radius 2 is 1.80 bits per heavy atom. The van der Waals surface area contributed by atoms with E-state index < -0.39 is 0 Å². The predicted octanol–water partition coefficient (Wildman–Crippen LogP) is 4.62. The molecule has 0 atom stereocenters. The summed E-state index contributed by atoms with van der Waals surface area (Å²) in [6.45, 7) is 4.78. The zero-order chi connectivity index (χ0) is 21.1. The quantitative estimate of drug-likeness (QED) is 0.551. The van der Waals surface area contributed by atoms with E-state index in [1.54, 1.807) is 7.11 Å². The smallest absolute Gasteiger partial charge is 0.223 e. The van der Waals surface area contributed by atoms with E-state index in [9.17, 15) is 4.79 Å². The normalized spacial score (nSPS) is 13.3. The van der Waals surface area contributed by atoms with Crippen LogP contribution in [0.15, 0.2) is 54.6 Å². The molecule has 156 valence electrons. The lowest BCUT2D eigenvalue weighted by molar-refractivity contribution is -0.132. The molecule has 4 rings (SSSR count). The SMILES string of the molecule is COc1ccc(CN(C(=O)CCc2c(C)nn(-c3ccccc3)c2C)C2CC2)cc1. The molecule has 5 heteroatoms. The van der Waals surface area contributed by atoms with Gasteiger partial charge in [-0.1, -0.05) is 30.3 Å². The number of amides is 1. The van der Waals surface area contributed by atoms with Crippen LogP contribution in [0.1, 0.15) is 41.8 Å². The summed E-state index contributed by atoms with van der Waals surface area (Å²) in [6, 6.07) is 18.5. The second kappa shape index (κ2) is 8.74. The highest BCUT2D eigenvalue weighted by atomic mass is 16.5. The number of carbonyl (C=O) groups excluding carboxylic acids is 1. The molecule has 1 aliphatic carbocycles. The van der Waals surface area contributed by atoms with Crippen LogP contribution in [0.5, 0.6) is 5.75 Å². The molecule has 5 nitrogen and oxygen atoms in total. The van der Waals surface area contributed by atoms with Crippen LogP contribution in [0.3, 0.4) is 0 Å². The summed E-state index contributed by atoms with van der Waals surface area (Å²) in [5.41, 5.74) is 5.47. The number of rotatable bonds is 8. The Morgan fingerprint density at radius 1 is 1.10 bits per heavy atom. The first-order valence-corrected chi connectivity index (χ1v) is 10.6. The van der Waals surface area contributed by atoms with Crippen molar-refractivity contribution < 1.29 is 9.53 Å². The van der Waals surface area contributed by atoms with Gasteiger partial charge in [-0.05, 0) is 68.5 Å². The number of carbonyl (C=O) groups is 1. The first-order valence-electron chi connectivity index (χ1n) is 10.6. The van der Waals surface area contributed by atoms with Gasteiger partial charge in [0.25, 0.3) is 0 Å². The highest BCUT2D eigenvalue weighted by Crippen LogP contribution is 2.30. The molecule has 30 heavy (non-hydrogen) atoms. The minimum atomic E-state index is 0.222. The van der Waals surface area contributed by atoms with E-state index in [2.05, 4.69) is 19.1 Å². The van der Waals surface area contributed by atoms with E-state index in [-0.39, 0.29) is 5.91 Å². The van der Waals surface area contributed by atoms with Crippen molar-refractivity contribution in [3.63, 3.8) is 0 Å². The molecule has 1 aliphatic rings. The molecule has 0 radical (unpaired) electrons. The highest BCUT2D eigenvalue weighted by molar-refractivity contribution is 5.77. The number of hydrogen-bond donors (Lipinski definition) is 0. The number of methoxy groups -OCH3 is 1. The molecule has 1 saturated carbocycles. The summed E-state index contributed by atoms with van der Waals surface area (Å²) in [5, 5.41) is 4.71. The average Bonchev–Trinajstić information content (AvgIpc) is 3.57. The number of aromatic nitrogens is 2. The fourth-order valence-electron chi connectivity index (χ4n) is 3.97. The first-order chi connectivity index (χ1) is 14.6. The van der Waals surface area contributed by atoms with Crippen LogP contribution < -0.4 is 4.74 Å². The molecule has 3 aromatic rings. The van der Waals surface area contributed by atoms with Crippen molar-refractivity contribution in [2.75, 3.05) is 7.11 Å². The van der Waals surface area contributed by atoms with Crippen molar-refractivity contribution in [3.8, 4) is 11.4 Å². The van der Waals surface area contributed by atoms with E-state index in [1.807, 2.05) is 59.0 Å². The summed E-state index contributed by atoms with van der Waals surface area (Å²) >= 11 is 0. The number of aryl methyl sites for hydroxylation is 1. The monoisotopic (exact) mass is 403 g/mol. The fraction of sp³-hybridized carbons (Fsp3) is 0.360.